The molecular formula is C29H30N2O6. The number of amides is 1. The molecule has 0 aliphatic carbocycles. The highest BCUT2D eigenvalue weighted by molar-refractivity contribution is 6.46. The maximum Gasteiger partial charge on any atom is 0.295 e. The van der Waals surface area contributed by atoms with Gasteiger partial charge in [0.1, 0.15) is 11.5 Å². The van der Waals surface area contributed by atoms with E-state index in [1.165, 1.54) is 12.0 Å². The van der Waals surface area contributed by atoms with Gasteiger partial charge < -0.3 is 24.2 Å². The third-order valence-electron chi connectivity index (χ3n) is 6.03. The number of ketones is 1. The average Bonchev–Trinajstić information content (AvgIpc) is 3.17. The van der Waals surface area contributed by atoms with Gasteiger partial charge in [-0.1, -0.05) is 25.1 Å². The van der Waals surface area contributed by atoms with Crippen LogP contribution in [-0.4, -0.2) is 47.0 Å². The number of methoxy groups -OCH3 is 1. The summed E-state index contributed by atoms with van der Waals surface area (Å²) in [5.74, 6) is -0.158. The van der Waals surface area contributed by atoms with Gasteiger partial charge >= 0.3 is 0 Å². The number of benzene rings is 2. The minimum Gasteiger partial charge on any atom is -0.507 e. The number of rotatable bonds is 10. The number of hydrogen-bond donors (Lipinski definition) is 1. The van der Waals surface area contributed by atoms with E-state index in [9.17, 15) is 14.7 Å². The standard InChI is InChI=1S/C29H30N2O6/c1-4-15-37-22-8-6-7-21(16-22)27(32)25-26(20-9-10-23(36-5-2)24(17-20)35-3)31(29(34)28(25)33)18-19-11-13-30-14-12-19/h6-14,16-17,26,32H,4-5,15,18H2,1-3H3. The fourth-order valence-electron chi connectivity index (χ4n) is 4.31. The monoisotopic (exact) mass is 502 g/mol. The Balaban J connectivity index is 1.85. The molecule has 2 aromatic carbocycles. The lowest BCUT2D eigenvalue weighted by atomic mass is 9.94. The molecule has 1 amide bonds. The van der Waals surface area contributed by atoms with Crippen LogP contribution >= 0.6 is 0 Å². The Morgan fingerprint density at radius 1 is 1.00 bits per heavy atom. The van der Waals surface area contributed by atoms with Crippen molar-refractivity contribution in [2.24, 2.45) is 0 Å². The quantitative estimate of drug-likeness (QED) is 0.239. The van der Waals surface area contributed by atoms with Crippen LogP contribution in [0, 0.1) is 0 Å². The molecule has 0 radical (unpaired) electrons. The number of carbonyl (C=O) groups excluding carboxylic acids is 2. The van der Waals surface area contributed by atoms with Crippen LogP contribution in [0.2, 0.25) is 0 Å². The fourth-order valence-corrected chi connectivity index (χ4v) is 4.31. The van der Waals surface area contributed by atoms with Crippen molar-refractivity contribution in [3.63, 3.8) is 0 Å². The number of aliphatic hydroxyl groups excluding tert-OH is 1. The van der Waals surface area contributed by atoms with Gasteiger partial charge in [-0.15, -0.1) is 0 Å². The summed E-state index contributed by atoms with van der Waals surface area (Å²) in [5.41, 5.74) is 1.79. The van der Waals surface area contributed by atoms with Gasteiger partial charge in [0.25, 0.3) is 11.7 Å². The highest BCUT2D eigenvalue weighted by Crippen LogP contribution is 2.43. The van der Waals surface area contributed by atoms with E-state index in [1.807, 2.05) is 13.8 Å². The second kappa shape index (κ2) is 11.6. The van der Waals surface area contributed by atoms with Gasteiger partial charge in [-0.3, -0.25) is 14.6 Å². The molecule has 0 spiro atoms. The maximum atomic E-state index is 13.4. The normalized spacial score (nSPS) is 16.6. The number of aromatic nitrogens is 1. The first-order valence-electron chi connectivity index (χ1n) is 12.2. The Labute approximate surface area is 216 Å². The molecule has 4 rings (SSSR count). The SMILES string of the molecule is CCCOc1cccc(C(O)=C2C(=O)C(=O)N(Cc3ccncc3)C2c2ccc(OCC)c(OC)c2)c1. The van der Waals surface area contributed by atoms with Crippen LogP contribution in [-0.2, 0) is 16.1 Å². The van der Waals surface area contributed by atoms with E-state index in [1.54, 1.807) is 67.0 Å². The van der Waals surface area contributed by atoms with Gasteiger partial charge in [0.15, 0.2) is 11.5 Å². The molecule has 1 N–H and O–H groups in total. The number of carbonyl (C=O) groups is 2. The number of pyridine rings is 1. The van der Waals surface area contributed by atoms with Crippen molar-refractivity contribution in [3.05, 3.63) is 89.3 Å². The van der Waals surface area contributed by atoms with Crippen molar-refractivity contribution in [2.75, 3.05) is 20.3 Å². The molecule has 3 aromatic rings. The van der Waals surface area contributed by atoms with Crippen LogP contribution in [0.3, 0.4) is 0 Å². The van der Waals surface area contributed by atoms with Crippen molar-refractivity contribution in [3.8, 4) is 17.2 Å². The van der Waals surface area contributed by atoms with Crippen molar-refractivity contribution < 1.29 is 28.9 Å². The number of ether oxygens (including phenoxy) is 3. The van der Waals surface area contributed by atoms with Gasteiger partial charge in [0.05, 0.1) is 31.9 Å². The Morgan fingerprint density at radius 3 is 2.49 bits per heavy atom. The number of aliphatic hydroxyl groups is 1. The highest BCUT2D eigenvalue weighted by atomic mass is 16.5. The minimum atomic E-state index is -0.849. The molecule has 1 aliphatic rings. The molecule has 0 bridgehead atoms. The number of likely N-dealkylation sites (tertiary alicyclic amines) is 1. The second-order valence-electron chi connectivity index (χ2n) is 8.50. The van der Waals surface area contributed by atoms with E-state index >= 15 is 0 Å². The van der Waals surface area contributed by atoms with Crippen LogP contribution in [0.1, 0.15) is 43.0 Å². The van der Waals surface area contributed by atoms with E-state index in [-0.39, 0.29) is 17.9 Å². The van der Waals surface area contributed by atoms with Crippen LogP contribution in [0.15, 0.2) is 72.6 Å². The van der Waals surface area contributed by atoms with Crippen molar-refractivity contribution >= 4 is 17.4 Å². The molecule has 1 unspecified atom stereocenters. The molecule has 1 saturated heterocycles. The van der Waals surface area contributed by atoms with Gasteiger partial charge in [-0.2, -0.15) is 0 Å². The third-order valence-corrected chi connectivity index (χ3v) is 6.03. The zero-order chi connectivity index (χ0) is 26.4. The molecule has 1 fully saturated rings. The molecule has 1 aromatic heterocycles. The molecule has 192 valence electrons. The van der Waals surface area contributed by atoms with Crippen molar-refractivity contribution in [1.82, 2.24) is 9.88 Å². The lowest BCUT2D eigenvalue weighted by Crippen LogP contribution is -2.29. The fraction of sp³-hybridized carbons (Fsp3) is 0.276. The van der Waals surface area contributed by atoms with E-state index in [4.69, 9.17) is 14.2 Å². The summed E-state index contributed by atoms with van der Waals surface area (Å²) in [5, 5.41) is 11.4. The Kier molecular flexibility index (Phi) is 8.08. The predicted molar refractivity (Wildman–Crippen MR) is 138 cm³/mol. The Morgan fingerprint density at radius 2 is 1.78 bits per heavy atom. The molecule has 0 saturated carbocycles. The summed E-state index contributed by atoms with van der Waals surface area (Å²) in [6, 6.07) is 14.8. The number of nitrogens with zero attached hydrogens (tertiary/aromatic N) is 2. The van der Waals surface area contributed by atoms with Crippen LogP contribution < -0.4 is 14.2 Å². The van der Waals surface area contributed by atoms with E-state index in [0.29, 0.717) is 41.6 Å². The zero-order valence-electron chi connectivity index (χ0n) is 21.1. The van der Waals surface area contributed by atoms with E-state index in [2.05, 4.69) is 4.98 Å². The Bertz CT molecular complexity index is 1300. The molecular weight excluding hydrogens is 472 g/mol. The zero-order valence-corrected chi connectivity index (χ0v) is 21.1. The lowest BCUT2D eigenvalue weighted by Gasteiger charge is -2.26. The molecule has 8 heteroatoms. The second-order valence-corrected chi connectivity index (χ2v) is 8.50. The van der Waals surface area contributed by atoms with Gasteiger partial charge in [-0.25, -0.2) is 0 Å². The first kappa shape index (κ1) is 25.8. The first-order chi connectivity index (χ1) is 18.0. The van der Waals surface area contributed by atoms with Crippen LogP contribution in [0.4, 0.5) is 0 Å². The molecule has 2 heterocycles. The molecule has 1 atom stereocenters. The van der Waals surface area contributed by atoms with E-state index in [0.717, 1.165) is 12.0 Å². The highest BCUT2D eigenvalue weighted by Gasteiger charge is 2.46. The topological polar surface area (TPSA) is 98.2 Å². The van der Waals surface area contributed by atoms with Crippen molar-refractivity contribution in [1.29, 1.82) is 0 Å². The van der Waals surface area contributed by atoms with Crippen molar-refractivity contribution in [2.45, 2.75) is 32.9 Å². The summed E-state index contributed by atoms with van der Waals surface area (Å²) < 4.78 is 16.9. The van der Waals surface area contributed by atoms with Gasteiger partial charge in [0.2, 0.25) is 0 Å². The van der Waals surface area contributed by atoms with E-state index < -0.39 is 17.7 Å². The summed E-state index contributed by atoms with van der Waals surface area (Å²) in [6.07, 6.45) is 4.08. The third kappa shape index (κ3) is 5.43. The minimum absolute atomic E-state index is 0.00193. The smallest absolute Gasteiger partial charge is 0.295 e. The average molecular weight is 503 g/mol. The molecule has 1 aliphatic heterocycles. The summed E-state index contributed by atoms with van der Waals surface area (Å²) in [7, 11) is 1.53. The molecule has 8 nitrogen and oxygen atoms in total. The van der Waals surface area contributed by atoms with Gasteiger partial charge in [0, 0.05) is 24.5 Å². The molecule has 37 heavy (non-hydrogen) atoms. The first-order valence-corrected chi connectivity index (χ1v) is 12.2. The largest absolute Gasteiger partial charge is 0.507 e. The number of Topliss-reactive ketones (excluding diaryl/α,β-unsaturated/α-hetero) is 1. The predicted octanol–water partition coefficient (Wildman–Crippen LogP) is 4.90. The summed E-state index contributed by atoms with van der Waals surface area (Å²) in [6.45, 7) is 5.00. The maximum absolute atomic E-state index is 13.4. The van der Waals surface area contributed by atoms with Gasteiger partial charge in [-0.05, 0) is 60.9 Å². The van der Waals surface area contributed by atoms with Crippen LogP contribution in [0.25, 0.3) is 5.76 Å². The summed E-state index contributed by atoms with van der Waals surface area (Å²) in [4.78, 5) is 32.2. The summed E-state index contributed by atoms with van der Waals surface area (Å²) >= 11 is 0. The lowest BCUT2D eigenvalue weighted by molar-refractivity contribution is -0.140. The Hall–Kier alpha value is -4.33. The number of hydrogen-bond acceptors (Lipinski definition) is 7. The van der Waals surface area contributed by atoms with Crippen LogP contribution in [0.5, 0.6) is 17.2 Å².